The van der Waals surface area contributed by atoms with Crippen molar-refractivity contribution in [1.82, 2.24) is 14.7 Å². The van der Waals surface area contributed by atoms with Gasteiger partial charge in [0.15, 0.2) is 0 Å². The predicted molar refractivity (Wildman–Crippen MR) is 107 cm³/mol. The first-order valence-electron chi connectivity index (χ1n) is 8.84. The van der Waals surface area contributed by atoms with Gasteiger partial charge in [0.2, 0.25) is 11.3 Å². The molecule has 4 rings (SSSR count). The molecule has 1 aliphatic carbocycles. The van der Waals surface area contributed by atoms with Gasteiger partial charge in [-0.2, -0.15) is 0 Å². The third-order valence-corrected chi connectivity index (χ3v) is 5.73. The second-order valence-corrected chi connectivity index (χ2v) is 7.56. The maximum absolute atomic E-state index is 14.9. The van der Waals surface area contributed by atoms with E-state index in [0.29, 0.717) is 16.8 Å². The average Bonchev–Trinajstić information content (AvgIpc) is 2.65. The van der Waals surface area contributed by atoms with Gasteiger partial charge < -0.3 is 5.73 Å². The first-order valence-corrected chi connectivity index (χ1v) is 9.95. The molecule has 8 heteroatoms. The monoisotopic (exact) mass is 398 g/mol. The summed E-state index contributed by atoms with van der Waals surface area (Å²) in [5.74, 6) is -0.151. The zero-order chi connectivity index (χ0) is 19.7. The van der Waals surface area contributed by atoms with Crippen LogP contribution in [0.15, 0.2) is 54.9 Å². The molecule has 28 heavy (non-hydrogen) atoms. The maximum Gasteiger partial charge on any atom is 0.232 e. The van der Waals surface area contributed by atoms with Gasteiger partial charge in [0.05, 0.1) is 23.6 Å². The summed E-state index contributed by atoms with van der Waals surface area (Å²) >= 11 is -2.13. The molecule has 6 nitrogen and oxygen atoms in total. The van der Waals surface area contributed by atoms with E-state index in [2.05, 4.69) is 14.7 Å². The zero-order valence-corrected chi connectivity index (χ0v) is 15.7. The van der Waals surface area contributed by atoms with E-state index in [0.717, 1.165) is 30.4 Å². The number of aromatic nitrogens is 2. The lowest BCUT2D eigenvalue weighted by Gasteiger charge is -2.43. The van der Waals surface area contributed by atoms with Crippen molar-refractivity contribution in [1.29, 1.82) is 0 Å². The van der Waals surface area contributed by atoms with Gasteiger partial charge in [-0.25, -0.2) is 18.3 Å². The minimum absolute atomic E-state index is 0.272. The van der Waals surface area contributed by atoms with Crippen molar-refractivity contribution in [3.05, 3.63) is 66.2 Å². The Morgan fingerprint density at radius 3 is 2.50 bits per heavy atom. The van der Waals surface area contributed by atoms with E-state index >= 15 is 0 Å². The lowest BCUT2D eigenvalue weighted by Crippen LogP contribution is -2.48. The van der Waals surface area contributed by atoms with Crippen LogP contribution >= 0.6 is 0 Å². The van der Waals surface area contributed by atoms with Crippen molar-refractivity contribution >= 4 is 17.1 Å². The van der Waals surface area contributed by atoms with E-state index in [4.69, 9.17) is 5.73 Å². The Morgan fingerprint density at radius 1 is 1.11 bits per heavy atom. The molecule has 0 bridgehead atoms. The van der Waals surface area contributed by atoms with Crippen LogP contribution in [-0.2, 0) is 16.8 Å². The standard InChI is InChI=1S/C20H19FN4O2S/c21-17-10-13(6-7-15(17)18-11-24-19(22)12-23-18)14-4-1-2-5-16(14)20(8-3-9-20)25-28(26)27/h1-2,4-7,10-12,25H,3,8-9H2,(H2,22,24)(H,26,27). The fourth-order valence-electron chi connectivity index (χ4n) is 3.64. The number of hydrogen-bond acceptors (Lipinski definition) is 4. The molecular weight excluding hydrogens is 379 g/mol. The Kier molecular flexibility index (Phi) is 4.92. The summed E-state index contributed by atoms with van der Waals surface area (Å²) in [6.45, 7) is 0. The third kappa shape index (κ3) is 3.42. The van der Waals surface area contributed by atoms with Crippen molar-refractivity contribution in [2.24, 2.45) is 0 Å². The normalized spacial score (nSPS) is 16.4. The molecule has 144 valence electrons. The Morgan fingerprint density at radius 2 is 1.89 bits per heavy atom. The SMILES string of the molecule is Nc1cnc(-c2ccc(-c3ccccc3C3(NS(=O)O)CCC3)cc2F)cn1. The number of nitrogen functional groups attached to an aromatic ring is 1. The number of nitrogens with one attached hydrogen (secondary N) is 1. The van der Waals surface area contributed by atoms with Gasteiger partial charge in [0, 0.05) is 5.56 Å². The highest BCUT2D eigenvalue weighted by Crippen LogP contribution is 2.45. The van der Waals surface area contributed by atoms with Gasteiger partial charge in [-0.05, 0) is 48.1 Å². The number of hydrogen-bond donors (Lipinski definition) is 3. The smallest absolute Gasteiger partial charge is 0.232 e. The quantitative estimate of drug-likeness (QED) is 0.570. The van der Waals surface area contributed by atoms with Crippen LogP contribution in [0, 0.1) is 5.82 Å². The second-order valence-electron chi connectivity index (χ2n) is 6.85. The third-order valence-electron chi connectivity index (χ3n) is 5.16. The first kappa shape index (κ1) is 18.7. The molecule has 1 saturated carbocycles. The highest BCUT2D eigenvalue weighted by Gasteiger charge is 2.41. The van der Waals surface area contributed by atoms with E-state index in [1.54, 1.807) is 6.07 Å². The first-order chi connectivity index (χ1) is 13.5. The molecule has 1 aliphatic rings. The summed E-state index contributed by atoms with van der Waals surface area (Å²) in [5.41, 5.74) is 8.11. The minimum atomic E-state index is -2.13. The number of halogens is 1. The van der Waals surface area contributed by atoms with Gasteiger partial charge in [-0.15, -0.1) is 0 Å². The molecule has 2 aromatic carbocycles. The van der Waals surface area contributed by atoms with Crippen molar-refractivity contribution in [2.75, 3.05) is 5.73 Å². The summed E-state index contributed by atoms with van der Waals surface area (Å²) in [6.07, 6.45) is 5.28. The van der Waals surface area contributed by atoms with E-state index in [-0.39, 0.29) is 5.82 Å². The predicted octanol–water partition coefficient (Wildman–Crippen LogP) is 3.64. The van der Waals surface area contributed by atoms with Crippen LogP contribution in [0.2, 0.25) is 0 Å². The van der Waals surface area contributed by atoms with Crippen molar-refractivity contribution < 1.29 is 13.2 Å². The molecule has 1 heterocycles. The summed E-state index contributed by atoms with van der Waals surface area (Å²) in [6, 6.07) is 12.5. The van der Waals surface area contributed by atoms with Crippen LogP contribution < -0.4 is 10.5 Å². The molecular formula is C20H19FN4O2S. The Labute approximate surface area is 164 Å². The Hall–Kier alpha value is -2.68. The van der Waals surface area contributed by atoms with Gasteiger partial charge in [0.25, 0.3) is 0 Å². The van der Waals surface area contributed by atoms with Crippen molar-refractivity contribution in [2.45, 2.75) is 24.8 Å². The molecule has 1 aromatic heterocycles. The fourth-order valence-corrected chi connectivity index (χ4v) is 4.29. The summed E-state index contributed by atoms with van der Waals surface area (Å²) in [4.78, 5) is 8.08. The molecule has 3 aromatic rings. The molecule has 0 saturated heterocycles. The second kappa shape index (κ2) is 7.38. The highest BCUT2D eigenvalue weighted by atomic mass is 32.2. The number of anilines is 1. The van der Waals surface area contributed by atoms with Crippen molar-refractivity contribution in [3.8, 4) is 22.4 Å². The molecule has 1 atom stereocenters. The molecule has 4 N–H and O–H groups in total. The molecule has 0 amide bonds. The Balaban J connectivity index is 1.75. The summed E-state index contributed by atoms with van der Waals surface area (Å²) in [7, 11) is 0. The lowest BCUT2D eigenvalue weighted by atomic mass is 9.70. The molecule has 1 fully saturated rings. The molecule has 0 radical (unpaired) electrons. The number of rotatable bonds is 5. The van der Waals surface area contributed by atoms with E-state index in [1.807, 2.05) is 30.3 Å². The Bertz CT molecular complexity index is 1040. The van der Waals surface area contributed by atoms with Crippen LogP contribution in [0.1, 0.15) is 24.8 Å². The summed E-state index contributed by atoms with van der Waals surface area (Å²) < 4.78 is 38.4. The highest BCUT2D eigenvalue weighted by molar-refractivity contribution is 7.77. The lowest BCUT2D eigenvalue weighted by molar-refractivity contribution is 0.224. The van der Waals surface area contributed by atoms with Gasteiger partial charge >= 0.3 is 0 Å². The molecule has 0 aliphatic heterocycles. The van der Waals surface area contributed by atoms with Crippen LogP contribution in [0.25, 0.3) is 22.4 Å². The minimum Gasteiger partial charge on any atom is -0.382 e. The van der Waals surface area contributed by atoms with E-state index in [9.17, 15) is 13.2 Å². The topological polar surface area (TPSA) is 101 Å². The van der Waals surface area contributed by atoms with E-state index < -0.39 is 22.6 Å². The maximum atomic E-state index is 14.9. The number of nitrogens with zero attached hydrogens (tertiary/aromatic N) is 2. The zero-order valence-electron chi connectivity index (χ0n) is 14.9. The van der Waals surface area contributed by atoms with Crippen LogP contribution in [0.4, 0.5) is 10.2 Å². The number of nitrogens with two attached hydrogens (primary N) is 1. The average molecular weight is 398 g/mol. The van der Waals surface area contributed by atoms with Gasteiger partial charge in [-0.1, -0.05) is 30.3 Å². The fraction of sp³-hybridized carbons (Fsp3) is 0.200. The largest absolute Gasteiger partial charge is 0.382 e. The van der Waals surface area contributed by atoms with Crippen LogP contribution in [0.3, 0.4) is 0 Å². The van der Waals surface area contributed by atoms with Crippen LogP contribution in [0.5, 0.6) is 0 Å². The van der Waals surface area contributed by atoms with E-state index in [1.165, 1.54) is 18.5 Å². The van der Waals surface area contributed by atoms with Crippen molar-refractivity contribution in [3.63, 3.8) is 0 Å². The molecule has 0 spiro atoms. The summed E-state index contributed by atoms with van der Waals surface area (Å²) in [5, 5.41) is 0. The molecule has 1 unspecified atom stereocenters. The van der Waals surface area contributed by atoms with Crippen LogP contribution in [-0.4, -0.2) is 18.7 Å². The van der Waals surface area contributed by atoms with Gasteiger partial charge in [-0.3, -0.25) is 9.54 Å². The van der Waals surface area contributed by atoms with Gasteiger partial charge in [0.1, 0.15) is 11.6 Å². The number of benzene rings is 2.